The second-order valence-electron chi connectivity index (χ2n) is 8.52. The summed E-state index contributed by atoms with van der Waals surface area (Å²) < 4.78 is 12.4. The van der Waals surface area contributed by atoms with Crippen molar-refractivity contribution >= 4 is 68.2 Å². The third kappa shape index (κ3) is 6.14. The predicted octanol–water partition coefficient (Wildman–Crippen LogP) is 5.86. The van der Waals surface area contributed by atoms with E-state index in [2.05, 4.69) is 4.90 Å². The number of benzene rings is 2. The monoisotopic (exact) mass is 543 g/mol. The van der Waals surface area contributed by atoms with Gasteiger partial charge in [0.25, 0.3) is 5.91 Å². The molecule has 10 heteroatoms. The zero-order valence-corrected chi connectivity index (χ0v) is 22.5. The van der Waals surface area contributed by atoms with Crippen molar-refractivity contribution < 1.29 is 14.3 Å². The largest absolute Gasteiger partial charge is 0.478 e. The Morgan fingerprint density at radius 3 is 2.50 bits per heavy atom. The van der Waals surface area contributed by atoms with Gasteiger partial charge in [0.1, 0.15) is 5.75 Å². The third-order valence-corrected chi connectivity index (χ3v) is 7.40. The van der Waals surface area contributed by atoms with Crippen LogP contribution in [-0.4, -0.2) is 60.8 Å². The highest BCUT2D eigenvalue weighted by molar-refractivity contribution is 7.23. The fraction of sp³-hybridized carbons (Fsp3) is 0.417. The lowest BCUT2D eigenvalue weighted by atomic mass is 10.1. The molecule has 184 valence electrons. The molecule has 0 bridgehead atoms. The van der Waals surface area contributed by atoms with Gasteiger partial charge >= 0.3 is 0 Å². The number of morpholine rings is 1. The number of rotatable bonds is 7. The normalized spacial score (nSPS) is 14.6. The van der Waals surface area contributed by atoms with Crippen LogP contribution in [0.4, 0.5) is 5.13 Å². The predicted molar refractivity (Wildman–Crippen MR) is 142 cm³/mol. The Balaban J connectivity index is 0.00000324. The summed E-state index contributed by atoms with van der Waals surface area (Å²) in [5.74, 6) is 0.410. The topological polar surface area (TPSA) is 54.9 Å². The van der Waals surface area contributed by atoms with Crippen molar-refractivity contribution in [3.63, 3.8) is 0 Å². The number of carbonyl (C=O) groups excluding carboxylic acids is 1. The number of hydrogen-bond acceptors (Lipinski definition) is 6. The lowest BCUT2D eigenvalue weighted by Gasteiger charge is -2.33. The molecule has 0 atom stereocenters. The first kappa shape index (κ1) is 27.0. The lowest BCUT2D eigenvalue weighted by Crippen LogP contribution is -2.51. The molecule has 0 spiro atoms. The summed E-state index contributed by atoms with van der Waals surface area (Å²) in [6.45, 7) is 9.85. The summed E-state index contributed by atoms with van der Waals surface area (Å²) >= 11 is 13.9. The Hall–Kier alpha value is -1.61. The Kier molecular flexibility index (Phi) is 9.06. The summed E-state index contributed by atoms with van der Waals surface area (Å²) in [7, 11) is 0. The van der Waals surface area contributed by atoms with Crippen LogP contribution >= 0.6 is 46.9 Å². The van der Waals surface area contributed by atoms with Crippen LogP contribution in [0.5, 0.6) is 5.75 Å². The zero-order valence-electron chi connectivity index (χ0n) is 19.3. The first-order valence-electron chi connectivity index (χ1n) is 10.9. The summed E-state index contributed by atoms with van der Waals surface area (Å²) in [5.41, 5.74) is 0.729. The van der Waals surface area contributed by atoms with Gasteiger partial charge in [-0.2, -0.15) is 0 Å². The van der Waals surface area contributed by atoms with E-state index in [1.807, 2.05) is 19.1 Å². The van der Waals surface area contributed by atoms with Gasteiger partial charge in [0, 0.05) is 31.2 Å². The Bertz CT molecular complexity index is 1090. The SMILES string of the molecule is Cc1ccc(Cl)c2sc(N(CCN3CCOCC3)C(=O)C(C)(C)Oc3ccc(Cl)cc3)nc12.Cl. The number of ether oxygens (including phenoxy) is 2. The highest BCUT2D eigenvalue weighted by Gasteiger charge is 2.36. The van der Waals surface area contributed by atoms with Crippen LogP contribution in [-0.2, 0) is 9.53 Å². The van der Waals surface area contributed by atoms with Gasteiger partial charge in [-0.1, -0.05) is 40.6 Å². The van der Waals surface area contributed by atoms with Gasteiger partial charge in [-0.25, -0.2) is 4.98 Å². The average Bonchev–Trinajstić information content (AvgIpc) is 3.25. The van der Waals surface area contributed by atoms with E-state index in [4.69, 9.17) is 37.7 Å². The molecule has 2 aromatic carbocycles. The molecule has 1 aliphatic heterocycles. The van der Waals surface area contributed by atoms with Crippen molar-refractivity contribution in [1.82, 2.24) is 9.88 Å². The molecule has 0 unspecified atom stereocenters. The molecule has 0 radical (unpaired) electrons. The second-order valence-corrected chi connectivity index (χ2v) is 10.3. The quantitative estimate of drug-likeness (QED) is 0.373. The fourth-order valence-corrected chi connectivity index (χ4v) is 5.19. The molecular weight excluding hydrogens is 517 g/mol. The first-order chi connectivity index (χ1) is 15.7. The van der Waals surface area contributed by atoms with Crippen molar-refractivity contribution in [2.45, 2.75) is 26.4 Å². The number of carbonyl (C=O) groups is 1. The van der Waals surface area contributed by atoms with E-state index in [0.29, 0.717) is 40.7 Å². The Labute approximate surface area is 220 Å². The molecule has 4 rings (SSSR count). The van der Waals surface area contributed by atoms with E-state index in [9.17, 15) is 4.79 Å². The van der Waals surface area contributed by atoms with E-state index in [-0.39, 0.29) is 18.3 Å². The van der Waals surface area contributed by atoms with Gasteiger partial charge in [0.2, 0.25) is 0 Å². The van der Waals surface area contributed by atoms with Crippen LogP contribution in [0.2, 0.25) is 10.0 Å². The molecular formula is C24H28Cl3N3O3S. The second kappa shape index (κ2) is 11.4. The maximum atomic E-state index is 13.8. The molecule has 1 aliphatic rings. The smallest absolute Gasteiger partial charge is 0.272 e. The molecule has 0 N–H and O–H groups in total. The van der Waals surface area contributed by atoms with Crippen molar-refractivity contribution in [2.75, 3.05) is 44.3 Å². The highest BCUT2D eigenvalue weighted by Crippen LogP contribution is 2.36. The van der Waals surface area contributed by atoms with E-state index < -0.39 is 5.60 Å². The number of hydrogen-bond donors (Lipinski definition) is 0. The van der Waals surface area contributed by atoms with Crippen LogP contribution in [0.3, 0.4) is 0 Å². The number of anilines is 1. The Morgan fingerprint density at radius 1 is 1.18 bits per heavy atom. The minimum Gasteiger partial charge on any atom is -0.478 e. The molecule has 0 aliphatic carbocycles. The number of aryl methyl sites for hydroxylation is 1. The average molecular weight is 545 g/mol. The van der Waals surface area contributed by atoms with E-state index in [1.165, 1.54) is 11.3 Å². The lowest BCUT2D eigenvalue weighted by molar-refractivity contribution is -0.131. The number of amides is 1. The minimum absolute atomic E-state index is 0. The third-order valence-electron chi connectivity index (χ3n) is 5.61. The number of aromatic nitrogens is 1. The van der Waals surface area contributed by atoms with Crippen LogP contribution in [0.15, 0.2) is 36.4 Å². The molecule has 1 amide bonds. The number of halogens is 3. The standard InChI is InChI=1S/C24H27Cl2N3O3S.ClH/c1-16-4-9-19(26)21-20(16)27-23(33-21)29(11-10-28-12-14-31-15-13-28)22(30)24(2,3)32-18-7-5-17(25)6-8-18;/h4-9H,10-15H2,1-3H3;1H. The number of thiazole rings is 1. The van der Waals surface area contributed by atoms with Crippen LogP contribution < -0.4 is 9.64 Å². The Morgan fingerprint density at radius 2 is 1.85 bits per heavy atom. The molecule has 2 heterocycles. The van der Waals surface area contributed by atoms with Gasteiger partial charge in [0.05, 0.1) is 28.5 Å². The fourth-order valence-electron chi connectivity index (χ4n) is 3.72. The van der Waals surface area contributed by atoms with Crippen molar-refractivity contribution in [2.24, 2.45) is 0 Å². The number of nitrogens with zero attached hydrogens (tertiary/aromatic N) is 3. The van der Waals surface area contributed by atoms with Gasteiger partial charge in [-0.15, -0.1) is 12.4 Å². The maximum Gasteiger partial charge on any atom is 0.272 e. The van der Waals surface area contributed by atoms with Gasteiger partial charge < -0.3 is 9.47 Å². The molecule has 1 fully saturated rings. The summed E-state index contributed by atoms with van der Waals surface area (Å²) in [5, 5.41) is 1.86. The zero-order chi connectivity index (χ0) is 23.6. The van der Waals surface area contributed by atoms with Crippen LogP contribution in [0, 0.1) is 6.92 Å². The molecule has 1 aromatic heterocycles. The molecule has 6 nitrogen and oxygen atoms in total. The summed E-state index contributed by atoms with van der Waals surface area (Å²) in [6.07, 6.45) is 0. The van der Waals surface area contributed by atoms with Crippen molar-refractivity contribution in [1.29, 1.82) is 0 Å². The molecule has 0 saturated carbocycles. The van der Waals surface area contributed by atoms with E-state index in [0.717, 1.165) is 35.4 Å². The van der Waals surface area contributed by atoms with Crippen LogP contribution in [0.25, 0.3) is 10.2 Å². The van der Waals surface area contributed by atoms with Gasteiger partial charge in [-0.05, 0) is 56.7 Å². The van der Waals surface area contributed by atoms with E-state index >= 15 is 0 Å². The number of fused-ring (bicyclic) bond motifs is 1. The molecule has 3 aromatic rings. The molecule has 1 saturated heterocycles. The highest BCUT2D eigenvalue weighted by atomic mass is 35.5. The minimum atomic E-state index is -1.12. The van der Waals surface area contributed by atoms with Crippen LogP contribution in [0.1, 0.15) is 19.4 Å². The van der Waals surface area contributed by atoms with Gasteiger partial charge in [0.15, 0.2) is 10.7 Å². The van der Waals surface area contributed by atoms with Gasteiger partial charge in [-0.3, -0.25) is 14.6 Å². The van der Waals surface area contributed by atoms with Crippen molar-refractivity contribution in [3.8, 4) is 5.75 Å². The maximum absolute atomic E-state index is 13.8. The summed E-state index contributed by atoms with van der Waals surface area (Å²) in [6, 6.07) is 10.8. The van der Waals surface area contributed by atoms with Crippen molar-refractivity contribution in [3.05, 3.63) is 52.0 Å². The molecule has 34 heavy (non-hydrogen) atoms. The first-order valence-corrected chi connectivity index (χ1v) is 12.4. The summed E-state index contributed by atoms with van der Waals surface area (Å²) in [4.78, 5) is 22.7. The van der Waals surface area contributed by atoms with E-state index in [1.54, 1.807) is 43.0 Å².